The SMILES string of the molecule is COc1ccc2nc(/C(C#N)=C\c3c(OCc4cccc([N+](=O)[O-])c4)ccc4ccccc34)[nH]c2c1. The third-order valence-electron chi connectivity index (χ3n) is 5.80. The van der Waals surface area contributed by atoms with Crippen molar-refractivity contribution in [3.8, 4) is 17.6 Å². The first-order valence-corrected chi connectivity index (χ1v) is 11.1. The van der Waals surface area contributed by atoms with E-state index in [1.807, 2.05) is 54.6 Å². The zero-order chi connectivity index (χ0) is 25.1. The number of fused-ring (bicyclic) bond motifs is 2. The molecule has 0 aliphatic heterocycles. The summed E-state index contributed by atoms with van der Waals surface area (Å²) in [6, 6.07) is 25.6. The Morgan fingerprint density at radius 3 is 2.78 bits per heavy atom. The quantitative estimate of drug-likeness (QED) is 0.168. The molecule has 0 amide bonds. The Balaban J connectivity index is 1.57. The lowest BCUT2D eigenvalue weighted by Gasteiger charge is -2.12. The summed E-state index contributed by atoms with van der Waals surface area (Å²) in [5.41, 5.74) is 3.19. The molecule has 1 heterocycles. The third kappa shape index (κ3) is 4.45. The van der Waals surface area contributed by atoms with E-state index < -0.39 is 4.92 Å². The molecule has 0 unspecified atom stereocenters. The number of allylic oxidation sites excluding steroid dienone is 1. The average Bonchev–Trinajstić information content (AvgIpc) is 3.34. The summed E-state index contributed by atoms with van der Waals surface area (Å²) in [6.07, 6.45) is 1.75. The van der Waals surface area contributed by atoms with Crippen LogP contribution >= 0.6 is 0 Å². The van der Waals surface area contributed by atoms with Crippen LogP contribution in [0.25, 0.3) is 33.5 Å². The van der Waals surface area contributed by atoms with E-state index in [1.54, 1.807) is 25.3 Å². The molecule has 0 aliphatic carbocycles. The molecule has 0 atom stereocenters. The molecule has 0 aliphatic rings. The van der Waals surface area contributed by atoms with Gasteiger partial charge in [0.1, 0.15) is 30.0 Å². The highest BCUT2D eigenvalue weighted by Crippen LogP contribution is 2.33. The summed E-state index contributed by atoms with van der Waals surface area (Å²) in [4.78, 5) is 18.5. The molecule has 0 saturated carbocycles. The minimum absolute atomic E-state index is 0.00279. The monoisotopic (exact) mass is 476 g/mol. The molecule has 4 aromatic carbocycles. The van der Waals surface area contributed by atoms with Crippen molar-refractivity contribution in [1.29, 1.82) is 5.26 Å². The van der Waals surface area contributed by atoms with E-state index in [4.69, 9.17) is 9.47 Å². The molecule has 1 N–H and O–H groups in total. The number of nitrogens with zero attached hydrogens (tertiary/aromatic N) is 3. The highest BCUT2D eigenvalue weighted by molar-refractivity contribution is 6.00. The van der Waals surface area contributed by atoms with Crippen molar-refractivity contribution in [2.75, 3.05) is 7.11 Å². The number of methoxy groups -OCH3 is 1. The minimum Gasteiger partial charge on any atom is -0.497 e. The Hall–Kier alpha value is -5.16. The van der Waals surface area contributed by atoms with Gasteiger partial charge in [0.15, 0.2) is 0 Å². The predicted octanol–water partition coefficient (Wildman–Crippen LogP) is 6.28. The topological polar surface area (TPSA) is 114 Å². The van der Waals surface area contributed by atoms with Gasteiger partial charge in [-0.25, -0.2) is 4.98 Å². The lowest BCUT2D eigenvalue weighted by Crippen LogP contribution is -1.99. The van der Waals surface area contributed by atoms with Gasteiger partial charge < -0.3 is 14.5 Å². The molecule has 0 spiro atoms. The summed E-state index contributed by atoms with van der Waals surface area (Å²) in [5, 5.41) is 23.0. The van der Waals surface area contributed by atoms with Crippen LogP contribution in [0.4, 0.5) is 5.69 Å². The van der Waals surface area contributed by atoms with Crippen LogP contribution in [-0.2, 0) is 6.61 Å². The van der Waals surface area contributed by atoms with Crippen molar-refractivity contribution in [1.82, 2.24) is 9.97 Å². The van der Waals surface area contributed by atoms with Crippen LogP contribution in [0.2, 0.25) is 0 Å². The molecule has 0 radical (unpaired) electrons. The van der Waals surface area contributed by atoms with E-state index in [0.29, 0.717) is 39.5 Å². The number of nitrogens with one attached hydrogen (secondary N) is 1. The van der Waals surface area contributed by atoms with Crippen molar-refractivity contribution in [2.24, 2.45) is 0 Å². The van der Waals surface area contributed by atoms with E-state index >= 15 is 0 Å². The number of benzene rings is 4. The van der Waals surface area contributed by atoms with Crippen LogP contribution in [0.15, 0.2) is 78.9 Å². The largest absolute Gasteiger partial charge is 0.497 e. The van der Waals surface area contributed by atoms with E-state index in [0.717, 1.165) is 16.3 Å². The van der Waals surface area contributed by atoms with Gasteiger partial charge in [0.05, 0.1) is 28.6 Å². The summed E-state index contributed by atoms with van der Waals surface area (Å²) >= 11 is 0. The normalized spacial score (nSPS) is 11.4. The van der Waals surface area contributed by atoms with Crippen LogP contribution in [0.1, 0.15) is 17.0 Å². The second kappa shape index (κ2) is 9.60. The Morgan fingerprint density at radius 2 is 1.97 bits per heavy atom. The fourth-order valence-corrected chi connectivity index (χ4v) is 4.01. The standard InChI is InChI=1S/C28H20N4O4/c1-35-22-10-11-25-26(15-22)31-28(30-25)20(16-29)14-24-23-8-3-2-6-19(23)9-12-27(24)36-17-18-5-4-7-21(13-18)32(33)34/h2-15H,17H2,1H3,(H,30,31)/b20-14-. The molecule has 0 bridgehead atoms. The number of aromatic nitrogens is 2. The molecular weight excluding hydrogens is 456 g/mol. The van der Waals surface area contributed by atoms with Gasteiger partial charge in [0, 0.05) is 23.8 Å². The summed E-state index contributed by atoms with van der Waals surface area (Å²) in [6.45, 7) is 0.132. The van der Waals surface area contributed by atoms with Gasteiger partial charge in [-0.05, 0) is 40.6 Å². The number of hydrogen-bond acceptors (Lipinski definition) is 6. The first-order chi connectivity index (χ1) is 17.6. The number of hydrogen-bond donors (Lipinski definition) is 1. The number of ether oxygens (including phenoxy) is 2. The zero-order valence-corrected chi connectivity index (χ0v) is 19.3. The predicted molar refractivity (Wildman–Crippen MR) is 138 cm³/mol. The molecule has 5 rings (SSSR count). The van der Waals surface area contributed by atoms with Gasteiger partial charge in [-0.2, -0.15) is 5.26 Å². The second-order valence-corrected chi connectivity index (χ2v) is 8.05. The van der Waals surface area contributed by atoms with Crippen molar-refractivity contribution in [3.05, 3.63) is 106 Å². The van der Waals surface area contributed by atoms with Gasteiger partial charge >= 0.3 is 0 Å². The molecule has 0 saturated heterocycles. The fraction of sp³-hybridized carbons (Fsp3) is 0.0714. The second-order valence-electron chi connectivity index (χ2n) is 8.05. The first kappa shape index (κ1) is 22.6. The number of aromatic amines is 1. The maximum atomic E-state index is 11.1. The number of non-ortho nitro benzene ring substituents is 1. The zero-order valence-electron chi connectivity index (χ0n) is 19.3. The molecule has 0 fully saturated rings. The van der Waals surface area contributed by atoms with E-state index in [9.17, 15) is 15.4 Å². The van der Waals surface area contributed by atoms with Gasteiger partial charge in [0.25, 0.3) is 5.69 Å². The maximum Gasteiger partial charge on any atom is 0.269 e. The summed E-state index contributed by atoms with van der Waals surface area (Å²) in [5.74, 6) is 1.66. The number of H-pyrrole nitrogens is 1. The minimum atomic E-state index is -0.435. The molecular formula is C28H20N4O4. The third-order valence-corrected chi connectivity index (χ3v) is 5.80. The number of rotatable bonds is 7. The van der Waals surface area contributed by atoms with Crippen LogP contribution < -0.4 is 9.47 Å². The Bertz CT molecular complexity index is 1680. The molecule has 5 aromatic rings. The van der Waals surface area contributed by atoms with E-state index in [-0.39, 0.29) is 12.3 Å². The smallest absolute Gasteiger partial charge is 0.269 e. The van der Waals surface area contributed by atoms with Crippen molar-refractivity contribution in [3.63, 3.8) is 0 Å². The van der Waals surface area contributed by atoms with Crippen LogP contribution in [0, 0.1) is 21.4 Å². The lowest BCUT2D eigenvalue weighted by atomic mass is 10.0. The van der Waals surface area contributed by atoms with Crippen LogP contribution in [-0.4, -0.2) is 22.0 Å². The highest BCUT2D eigenvalue weighted by atomic mass is 16.6. The number of nitro benzene ring substituents is 1. The van der Waals surface area contributed by atoms with Crippen molar-refractivity contribution >= 4 is 39.1 Å². The highest BCUT2D eigenvalue weighted by Gasteiger charge is 2.14. The van der Waals surface area contributed by atoms with Crippen molar-refractivity contribution in [2.45, 2.75) is 6.61 Å². The lowest BCUT2D eigenvalue weighted by molar-refractivity contribution is -0.384. The van der Waals surface area contributed by atoms with E-state index in [1.165, 1.54) is 12.1 Å². The van der Waals surface area contributed by atoms with Crippen molar-refractivity contribution < 1.29 is 14.4 Å². The van der Waals surface area contributed by atoms with Crippen LogP contribution in [0.5, 0.6) is 11.5 Å². The maximum absolute atomic E-state index is 11.1. The summed E-state index contributed by atoms with van der Waals surface area (Å²) < 4.78 is 11.4. The van der Waals surface area contributed by atoms with E-state index in [2.05, 4.69) is 16.0 Å². The summed E-state index contributed by atoms with van der Waals surface area (Å²) in [7, 11) is 1.59. The number of nitriles is 1. The molecule has 8 heteroatoms. The van der Waals surface area contributed by atoms with Gasteiger partial charge in [0.2, 0.25) is 0 Å². The first-order valence-electron chi connectivity index (χ1n) is 11.1. The Labute approximate surface area is 206 Å². The number of nitro groups is 1. The number of imidazole rings is 1. The Morgan fingerprint density at radius 1 is 1.11 bits per heavy atom. The molecule has 176 valence electrons. The fourth-order valence-electron chi connectivity index (χ4n) is 4.01. The van der Waals surface area contributed by atoms with Gasteiger partial charge in [-0.15, -0.1) is 0 Å². The van der Waals surface area contributed by atoms with Gasteiger partial charge in [-0.3, -0.25) is 10.1 Å². The average molecular weight is 476 g/mol. The van der Waals surface area contributed by atoms with Crippen LogP contribution in [0.3, 0.4) is 0 Å². The molecule has 1 aromatic heterocycles. The molecule has 36 heavy (non-hydrogen) atoms. The van der Waals surface area contributed by atoms with Gasteiger partial charge in [-0.1, -0.05) is 42.5 Å². The molecule has 8 nitrogen and oxygen atoms in total. The Kier molecular flexibility index (Phi) is 6.03.